The van der Waals surface area contributed by atoms with Crippen molar-refractivity contribution in [2.24, 2.45) is 0 Å². The number of rotatable bonds is 4. The number of nitrogens with zero attached hydrogens (tertiary/aromatic N) is 4. The number of hydrogen-bond donors (Lipinski definition) is 1. The number of ether oxygens (including phenoxy) is 2. The lowest BCUT2D eigenvalue weighted by Gasteiger charge is -2.19. The molecule has 0 aliphatic heterocycles. The maximum absolute atomic E-state index is 11.9. The first-order chi connectivity index (χ1) is 12.4. The van der Waals surface area contributed by atoms with Gasteiger partial charge in [0.05, 0.1) is 0 Å². The van der Waals surface area contributed by atoms with Gasteiger partial charge in [0.25, 0.3) is 5.89 Å². The number of anilines is 1. The molecule has 0 atom stereocenters. The molecule has 9 nitrogen and oxygen atoms in total. The van der Waals surface area contributed by atoms with E-state index in [4.69, 9.17) is 13.9 Å². The fourth-order valence-electron chi connectivity index (χ4n) is 1.95. The first-order valence-electron chi connectivity index (χ1n) is 7.76. The van der Waals surface area contributed by atoms with Crippen molar-refractivity contribution in [1.82, 2.24) is 20.2 Å². The Balaban J connectivity index is 1.71. The number of hydrogen-bond acceptors (Lipinski definition) is 8. The molecule has 0 aliphatic rings. The maximum atomic E-state index is 11.9. The molecule has 26 heavy (non-hydrogen) atoms. The third-order valence-electron chi connectivity index (χ3n) is 2.88. The molecule has 134 valence electrons. The van der Waals surface area contributed by atoms with E-state index in [1.807, 2.05) is 0 Å². The van der Waals surface area contributed by atoms with Crippen LogP contribution < -0.4 is 10.1 Å². The number of carbonyl (C=O) groups excluding carboxylic acids is 1. The van der Waals surface area contributed by atoms with E-state index in [0.717, 1.165) is 0 Å². The molecule has 0 fully saturated rings. The molecule has 9 heteroatoms. The summed E-state index contributed by atoms with van der Waals surface area (Å²) in [5.41, 5.74) is -0.0486. The molecular formula is C17H17N5O4. The summed E-state index contributed by atoms with van der Waals surface area (Å²) in [5, 5.41) is 9.99. The lowest BCUT2D eigenvalue weighted by Crippen LogP contribution is -2.27. The normalized spacial score (nSPS) is 11.0. The van der Waals surface area contributed by atoms with E-state index in [9.17, 15) is 4.79 Å². The van der Waals surface area contributed by atoms with Crippen molar-refractivity contribution in [3.63, 3.8) is 0 Å². The second kappa shape index (κ2) is 7.18. The Morgan fingerprint density at radius 1 is 1.23 bits per heavy atom. The van der Waals surface area contributed by atoms with Crippen LogP contribution in [0.15, 0.2) is 47.3 Å². The lowest BCUT2D eigenvalue weighted by molar-refractivity contribution is 0.0636. The van der Waals surface area contributed by atoms with Crippen LogP contribution in [0.5, 0.6) is 11.6 Å². The largest absolute Gasteiger partial charge is 0.444 e. The summed E-state index contributed by atoms with van der Waals surface area (Å²) in [4.78, 5) is 20.1. The molecule has 1 aromatic carbocycles. The Bertz CT molecular complexity index is 890. The fourth-order valence-corrected chi connectivity index (χ4v) is 1.95. The molecule has 0 unspecified atom stereocenters. The van der Waals surface area contributed by atoms with Gasteiger partial charge in [-0.1, -0.05) is 6.07 Å². The molecule has 0 bridgehead atoms. The molecule has 2 aromatic heterocycles. The van der Waals surface area contributed by atoms with Crippen LogP contribution in [0.4, 0.5) is 10.5 Å². The number of benzene rings is 1. The Morgan fingerprint density at radius 2 is 2.08 bits per heavy atom. The summed E-state index contributed by atoms with van der Waals surface area (Å²) in [6.07, 6.45) is 2.17. The predicted molar refractivity (Wildman–Crippen MR) is 91.7 cm³/mol. The van der Waals surface area contributed by atoms with Crippen LogP contribution >= 0.6 is 0 Å². The van der Waals surface area contributed by atoms with Crippen LogP contribution in [-0.4, -0.2) is 31.9 Å². The zero-order valence-electron chi connectivity index (χ0n) is 14.5. The minimum absolute atomic E-state index is 0.191. The fraction of sp³-hybridized carbons (Fsp3) is 0.235. The van der Waals surface area contributed by atoms with Gasteiger partial charge in [0.15, 0.2) is 0 Å². The van der Waals surface area contributed by atoms with E-state index in [1.54, 1.807) is 51.1 Å². The first kappa shape index (κ1) is 17.3. The molecule has 1 N–H and O–H groups in total. The van der Waals surface area contributed by atoms with Gasteiger partial charge in [0.1, 0.15) is 11.4 Å². The first-order valence-corrected chi connectivity index (χ1v) is 7.76. The molecule has 0 saturated carbocycles. The van der Waals surface area contributed by atoms with Crippen molar-refractivity contribution in [3.05, 3.63) is 42.9 Å². The highest BCUT2D eigenvalue weighted by Gasteiger charge is 2.16. The van der Waals surface area contributed by atoms with Crippen molar-refractivity contribution < 1.29 is 18.7 Å². The Labute approximate surface area is 149 Å². The standard InChI is InChI=1S/C17H17N5O4/c1-17(2,3)26-16(23)20-11-5-4-6-12(9-11)25-13-7-8-18-14(21-13)15-22-19-10-24-15/h4-10H,1-3H3,(H,20,23). The summed E-state index contributed by atoms with van der Waals surface area (Å²) in [7, 11) is 0. The zero-order valence-corrected chi connectivity index (χ0v) is 14.5. The summed E-state index contributed by atoms with van der Waals surface area (Å²) < 4.78 is 16.0. The highest BCUT2D eigenvalue weighted by atomic mass is 16.6. The SMILES string of the molecule is CC(C)(C)OC(=O)Nc1cccc(Oc2ccnc(-c3nnco3)n2)c1. The van der Waals surface area contributed by atoms with E-state index < -0.39 is 11.7 Å². The van der Waals surface area contributed by atoms with Gasteiger partial charge < -0.3 is 13.9 Å². The van der Waals surface area contributed by atoms with Crippen molar-refractivity contribution in [1.29, 1.82) is 0 Å². The minimum atomic E-state index is -0.579. The van der Waals surface area contributed by atoms with E-state index in [-0.39, 0.29) is 11.7 Å². The summed E-state index contributed by atoms with van der Waals surface area (Å²) in [6, 6.07) is 8.43. The predicted octanol–water partition coefficient (Wildman–Crippen LogP) is 3.67. The third kappa shape index (κ3) is 4.76. The van der Waals surface area contributed by atoms with Gasteiger partial charge in [-0.25, -0.2) is 9.78 Å². The minimum Gasteiger partial charge on any atom is -0.444 e. The second-order valence-electron chi connectivity index (χ2n) is 6.22. The molecule has 0 spiro atoms. The van der Waals surface area contributed by atoms with Crippen molar-refractivity contribution in [2.45, 2.75) is 26.4 Å². The Kier molecular flexibility index (Phi) is 4.78. The van der Waals surface area contributed by atoms with E-state index in [2.05, 4.69) is 25.5 Å². The molecule has 1 amide bonds. The quantitative estimate of drug-likeness (QED) is 0.754. The third-order valence-corrected chi connectivity index (χ3v) is 2.88. The summed E-state index contributed by atoms with van der Waals surface area (Å²) >= 11 is 0. The monoisotopic (exact) mass is 355 g/mol. The van der Waals surface area contributed by atoms with Gasteiger partial charge >= 0.3 is 6.09 Å². The van der Waals surface area contributed by atoms with Crippen molar-refractivity contribution in [2.75, 3.05) is 5.32 Å². The van der Waals surface area contributed by atoms with Gasteiger partial charge in [0.2, 0.25) is 18.1 Å². The van der Waals surface area contributed by atoms with Gasteiger partial charge in [-0.15, -0.1) is 10.2 Å². The van der Waals surface area contributed by atoms with Crippen LogP contribution in [0, 0.1) is 0 Å². The zero-order chi connectivity index (χ0) is 18.6. The number of carbonyl (C=O) groups is 1. The average Bonchev–Trinajstić information content (AvgIpc) is 3.08. The molecule has 0 aliphatic carbocycles. The second-order valence-corrected chi connectivity index (χ2v) is 6.22. The van der Waals surface area contributed by atoms with Crippen LogP contribution in [0.25, 0.3) is 11.7 Å². The molecular weight excluding hydrogens is 338 g/mol. The molecule has 0 saturated heterocycles. The van der Waals surface area contributed by atoms with Crippen LogP contribution in [0.3, 0.4) is 0 Å². The number of amides is 1. The van der Waals surface area contributed by atoms with Crippen LogP contribution in [0.2, 0.25) is 0 Å². The van der Waals surface area contributed by atoms with E-state index in [1.165, 1.54) is 12.6 Å². The van der Waals surface area contributed by atoms with Crippen molar-refractivity contribution >= 4 is 11.8 Å². The molecule has 0 radical (unpaired) electrons. The van der Waals surface area contributed by atoms with E-state index >= 15 is 0 Å². The molecule has 3 rings (SSSR count). The van der Waals surface area contributed by atoms with Gasteiger partial charge in [-0.2, -0.15) is 4.98 Å². The van der Waals surface area contributed by atoms with Gasteiger partial charge in [0, 0.05) is 24.0 Å². The highest BCUT2D eigenvalue weighted by Crippen LogP contribution is 2.24. The van der Waals surface area contributed by atoms with Crippen LogP contribution in [0.1, 0.15) is 20.8 Å². The maximum Gasteiger partial charge on any atom is 0.412 e. The smallest absolute Gasteiger partial charge is 0.412 e. The topological polar surface area (TPSA) is 112 Å². The average molecular weight is 355 g/mol. The number of nitrogens with one attached hydrogen (secondary N) is 1. The lowest BCUT2D eigenvalue weighted by atomic mass is 10.2. The Morgan fingerprint density at radius 3 is 2.81 bits per heavy atom. The highest BCUT2D eigenvalue weighted by molar-refractivity contribution is 5.85. The van der Waals surface area contributed by atoms with Crippen LogP contribution in [-0.2, 0) is 4.74 Å². The van der Waals surface area contributed by atoms with Gasteiger partial charge in [-0.3, -0.25) is 5.32 Å². The summed E-state index contributed by atoms with van der Waals surface area (Å²) in [6.45, 7) is 5.38. The Hall–Kier alpha value is -3.49. The summed E-state index contributed by atoms with van der Waals surface area (Å²) in [5.74, 6) is 1.22. The van der Waals surface area contributed by atoms with E-state index in [0.29, 0.717) is 17.3 Å². The van der Waals surface area contributed by atoms with Crippen molar-refractivity contribution in [3.8, 4) is 23.3 Å². The molecule has 2 heterocycles. The van der Waals surface area contributed by atoms with Gasteiger partial charge in [-0.05, 0) is 32.9 Å². The molecule has 3 aromatic rings. The number of aromatic nitrogens is 4.